The van der Waals surface area contributed by atoms with Gasteiger partial charge in [-0.1, -0.05) is 28.9 Å². The van der Waals surface area contributed by atoms with Crippen LogP contribution >= 0.6 is 11.6 Å². The van der Waals surface area contributed by atoms with Crippen LogP contribution in [0.2, 0.25) is 5.02 Å². The van der Waals surface area contributed by atoms with Crippen molar-refractivity contribution < 1.29 is 9.60 Å². The number of hydrogen-bond donors (Lipinski definition) is 2. The quantitative estimate of drug-likeness (QED) is 0.392. The van der Waals surface area contributed by atoms with Gasteiger partial charge in [0.15, 0.2) is 5.84 Å². The molecule has 0 fully saturated rings. The van der Waals surface area contributed by atoms with Crippen LogP contribution in [0.4, 0.5) is 4.39 Å². The number of benzene rings is 1. The molecule has 0 atom stereocenters. The Morgan fingerprint density at radius 3 is 2.89 bits per heavy atom. The maximum atomic E-state index is 14.2. The van der Waals surface area contributed by atoms with Crippen LogP contribution in [0, 0.1) is 12.7 Å². The zero-order valence-electron chi connectivity index (χ0n) is 10.1. The van der Waals surface area contributed by atoms with E-state index >= 15 is 0 Å². The molecule has 5 nitrogen and oxygen atoms in total. The third-order valence-corrected chi connectivity index (χ3v) is 3.20. The number of amidine groups is 1. The molecule has 0 aliphatic rings. The minimum absolute atomic E-state index is 0.0518. The lowest BCUT2D eigenvalue weighted by molar-refractivity contribution is 0.318. The topological polar surface area (TPSA) is 76.4 Å². The highest BCUT2D eigenvalue weighted by atomic mass is 35.5. The SMILES string of the molecule is Cc1c(Cl)cnn1Cc1cccc(/C(N)=N/O)c1F. The van der Waals surface area contributed by atoms with E-state index in [-0.39, 0.29) is 17.9 Å². The fourth-order valence-electron chi connectivity index (χ4n) is 1.70. The second-order valence-corrected chi connectivity index (χ2v) is 4.41. The molecule has 0 aliphatic heterocycles. The van der Waals surface area contributed by atoms with E-state index in [4.69, 9.17) is 22.5 Å². The van der Waals surface area contributed by atoms with Gasteiger partial charge in [-0.15, -0.1) is 0 Å². The Labute approximate surface area is 114 Å². The molecule has 0 saturated heterocycles. The smallest absolute Gasteiger partial charge is 0.173 e. The lowest BCUT2D eigenvalue weighted by Gasteiger charge is -2.09. The zero-order valence-corrected chi connectivity index (χ0v) is 10.9. The molecule has 1 aromatic heterocycles. The summed E-state index contributed by atoms with van der Waals surface area (Å²) in [5.74, 6) is -0.807. The minimum atomic E-state index is -0.538. The number of rotatable bonds is 3. The van der Waals surface area contributed by atoms with Crippen molar-refractivity contribution in [1.82, 2.24) is 9.78 Å². The molecule has 0 amide bonds. The molecule has 0 aliphatic carbocycles. The number of oxime groups is 1. The average Bonchev–Trinajstić information content (AvgIpc) is 2.72. The van der Waals surface area contributed by atoms with Crippen LogP contribution in [0.15, 0.2) is 29.6 Å². The van der Waals surface area contributed by atoms with Crippen molar-refractivity contribution in [2.24, 2.45) is 10.9 Å². The van der Waals surface area contributed by atoms with Crippen molar-refractivity contribution in [3.05, 3.63) is 52.1 Å². The van der Waals surface area contributed by atoms with Crippen molar-refractivity contribution in [1.29, 1.82) is 0 Å². The van der Waals surface area contributed by atoms with E-state index < -0.39 is 5.82 Å². The van der Waals surface area contributed by atoms with E-state index in [1.54, 1.807) is 23.7 Å². The van der Waals surface area contributed by atoms with E-state index in [1.165, 1.54) is 12.3 Å². The van der Waals surface area contributed by atoms with Gasteiger partial charge in [-0.2, -0.15) is 5.10 Å². The van der Waals surface area contributed by atoms with Crippen molar-refractivity contribution in [3.8, 4) is 0 Å². The molecule has 0 saturated carbocycles. The van der Waals surface area contributed by atoms with E-state index in [9.17, 15) is 4.39 Å². The van der Waals surface area contributed by atoms with Crippen molar-refractivity contribution in [3.63, 3.8) is 0 Å². The van der Waals surface area contributed by atoms with Crippen LogP contribution in [-0.2, 0) is 6.54 Å². The summed E-state index contributed by atoms with van der Waals surface area (Å²) in [7, 11) is 0. The highest BCUT2D eigenvalue weighted by Crippen LogP contribution is 2.18. The van der Waals surface area contributed by atoms with Gasteiger partial charge in [0, 0.05) is 5.56 Å². The van der Waals surface area contributed by atoms with E-state index in [2.05, 4.69) is 10.3 Å². The Balaban J connectivity index is 2.39. The second-order valence-electron chi connectivity index (χ2n) is 4.00. The molecule has 1 heterocycles. The van der Waals surface area contributed by atoms with Gasteiger partial charge in [-0.05, 0) is 13.0 Å². The molecular formula is C12H12ClFN4O. The predicted molar refractivity (Wildman–Crippen MR) is 70.0 cm³/mol. The van der Waals surface area contributed by atoms with Gasteiger partial charge in [0.1, 0.15) is 5.82 Å². The van der Waals surface area contributed by atoms with Crippen LogP contribution in [-0.4, -0.2) is 20.8 Å². The number of nitrogens with zero attached hydrogens (tertiary/aromatic N) is 3. The first kappa shape index (κ1) is 13.4. The Morgan fingerprint density at radius 2 is 2.32 bits per heavy atom. The number of aromatic nitrogens is 2. The van der Waals surface area contributed by atoms with Crippen LogP contribution in [0.5, 0.6) is 0 Å². The third kappa shape index (κ3) is 2.53. The Hall–Kier alpha value is -2.08. The van der Waals surface area contributed by atoms with Gasteiger partial charge in [0.05, 0.1) is 29.0 Å². The van der Waals surface area contributed by atoms with Gasteiger partial charge in [0.25, 0.3) is 0 Å². The molecule has 1 aromatic carbocycles. The maximum Gasteiger partial charge on any atom is 0.173 e. The zero-order chi connectivity index (χ0) is 14.0. The number of hydrogen-bond acceptors (Lipinski definition) is 3. The number of halogens is 2. The fraction of sp³-hybridized carbons (Fsp3) is 0.167. The average molecular weight is 283 g/mol. The molecule has 0 unspecified atom stereocenters. The molecule has 0 spiro atoms. The summed E-state index contributed by atoms with van der Waals surface area (Å²) < 4.78 is 15.8. The second kappa shape index (κ2) is 5.27. The predicted octanol–water partition coefficient (Wildman–Crippen LogP) is 2.13. The van der Waals surface area contributed by atoms with Crippen molar-refractivity contribution in [2.45, 2.75) is 13.5 Å². The van der Waals surface area contributed by atoms with Crippen LogP contribution in [0.1, 0.15) is 16.8 Å². The maximum absolute atomic E-state index is 14.2. The highest BCUT2D eigenvalue weighted by Gasteiger charge is 2.13. The summed E-state index contributed by atoms with van der Waals surface area (Å²) in [6, 6.07) is 4.68. The van der Waals surface area contributed by atoms with E-state index in [0.717, 1.165) is 5.69 Å². The standard InChI is InChI=1S/C12H12ClFN4O/c1-7-10(13)5-16-18(7)6-8-3-2-4-9(11(8)14)12(15)17-19/h2-5,19H,6H2,1H3,(H2,15,17). The normalized spacial score (nSPS) is 11.8. The highest BCUT2D eigenvalue weighted by molar-refractivity contribution is 6.31. The molecule has 3 N–H and O–H groups in total. The molecule has 7 heteroatoms. The molecule has 2 aromatic rings. The summed E-state index contributed by atoms with van der Waals surface area (Å²) in [5, 5.41) is 16.0. The van der Waals surface area contributed by atoms with Crippen LogP contribution in [0.3, 0.4) is 0 Å². The monoisotopic (exact) mass is 282 g/mol. The molecular weight excluding hydrogens is 271 g/mol. The summed E-state index contributed by atoms with van der Waals surface area (Å²) in [4.78, 5) is 0. The minimum Gasteiger partial charge on any atom is -0.409 e. The lowest BCUT2D eigenvalue weighted by atomic mass is 10.1. The number of nitrogens with two attached hydrogens (primary N) is 1. The van der Waals surface area contributed by atoms with E-state index in [0.29, 0.717) is 10.6 Å². The summed E-state index contributed by atoms with van der Waals surface area (Å²) in [6.07, 6.45) is 1.50. The summed E-state index contributed by atoms with van der Waals surface area (Å²) >= 11 is 5.89. The van der Waals surface area contributed by atoms with Gasteiger partial charge in [-0.3, -0.25) is 4.68 Å². The van der Waals surface area contributed by atoms with Crippen LogP contribution < -0.4 is 5.73 Å². The Kier molecular flexibility index (Phi) is 3.71. The molecule has 2 rings (SSSR count). The van der Waals surface area contributed by atoms with Gasteiger partial charge < -0.3 is 10.9 Å². The molecule has 0 radical (unpaired) electrons. The Bertz CT molecular complexity index is 639. The Morgan fingerprint density at radius 1 is 1.58 bits per heavy atom. The van der Waals surface area contributed by atoms with Gasteiger partial charge >= 0.3 is 0 Å². The largest absolute Gasteiger partial charge is 0.409 e. The van der Waals surface area contributed by atoms with E-state index in [1.807, 2.05) is 0 Å². The first-order valence-electron chi connectivity index (χ1n) is 5.47. The molecule has 19 heavy (non-hydrogen) atoms. The first-order valence-corrected chi connectivity index (χ1v) is 5.85. The third-order valence-electron chi connectivity index (χ3n) is 2.83. The summed E-state index contributed by atoms with van der Waals surface area (Å²) in [5.41, 5.74) is 6.59. The van der Waals surface area contributed by atoms with Gasteiger partial charge in [-0.25, -0.2) is 4.39 Å². The molecule has 0 bridgehead atoms. The molecule has 100 valence electrons. The first-order chi connectivity index (χ1) is 9.04. The van der Waals surface area contributed by atoms with Crippen LogP contribution in [0.25, 0.3) is 0 Å². The summed E-state index contributed by atoms with van der Waals surface area (Å²) in [6.45, 7) is 2.01. The van der Waals surface area contributed by atoms with Crippen molar-refractivity contribution in [2.75, 3.05) is 0 Å². The fourth-order valence-corrected chi connectivity index (χ4v) is 1.84. The lowest BCUT2D eigenvalue weighted by Crippen LogP contribution is -2.17. The van der Waals surface area contributed by atoms with Crippen molar-refractivity contribution >= 4 is 17.4 Å². The van der Waals surface area contributed by atoms with Gasteiger partial charge in [0.2, 0.25) is 0 Å².